The molecule has 1 N–H and O–H groups in total. The largest absolute Gasteiger partial charge is 0.759 e. The number of nitrogens with zero attached hydrogens (tertiary/aromatic N) is 4. The summed E-state index contributed by atoms with van der Waals surface area (Å²) >= 11 is -2.53. The number of aromatic nitrogens is 1. The third-order valence-corrected chi connectivity index (χ3v) is 6.56. The van der Waals surface area contributed by atoms with Gasteiger partial charge in [0, 0.05) is 65.9 Å². The molecule has 182 valence electrons. The van der Waals surface area contributed by atoms with E-state index >= 15 is 0 Å². The normalized spacial score (nSPS) is 15.9. The van der Waals surface area contributed by atoms with E-state index in [1.165, 1.54) is 6.26 Å². The summed E-state index contributed by atoms with van der Waals surface area (Å²) in [7, 11) is 0. The Bertz CT molecular complexity index is 1230. The van der Waals surface area contributed by atoms with Crippen LogP contribution in [0, 0.1) is 11.8 Å². The molecule has 3 aromatic rings. The zero-order chi connectivity index (χ0) is 24.8. The molecule has 0 saturated carbocycles. The Morgan fingerprint density at radius 3 is 2.51 bits per heavy atom. The summed E-state index contributed by atoms with van der Waals surface area (Å²) in [4.78, 5) is 17.3. The summed E-state index contributed by atoms with van der Waals surface area (Å²) in [5, 5.41) is 10.7. The molecule has 35 heavy (non-hydrogen) atoms. The molecule has 9 nitrogen and oxygen atoms in total. The van der Waals surface area contributed by atoms with Crippen LogP contribution in [0.1, 0.15) is 24.5 Å². The lowest BCUT2D eigenvalue weighted by atomic mass is 10.1. The van der Waals surface area contributed by atoms with Crippen molar-refractivity contribution in [1.29, 1.82) is 0 Å². The van der Waals surface area contributed by atoms with Crippen LogP contribution in [0.25, 0.3) is 11.5 Å². The smallest absolute Gasteiger partial charge is 0.305 e. The summed E-state index contributed by atoms with van der Waals surface area (Å²) in [6.45, 7) is 3.78. The van der Waals surface area contributed by atoms with Gasteiger partial charge in [-0.25, -0.2) is 9.99 Å². The van der Waals surface area contributed by atoms with Crippen LogP contribution in [-0.4, -0.2) is 66.5 Å². The van der Waals surface area contributed by atoms with Crippen LogP contribution in [0.4, 0.5) is 5.69 Å². The van der Waals surface area contributed by atoms with Crippen LogP contribution in [0.5, 0.6) is 0 Å². The maximum absolute atomic E-state index is 11.7. The van der Waals surface area contributed by atoms with E-state index < -0.39 is 23.3 Å². The van der Waals surface area contributed by atoms with Gasteiger partial charge in [-0.05, 0) is 49.4 Å². The van der Waals surface area contributed by atoms with Gasteiger partial charge in [-0.3, -0.25) is 9.00 Å². The molecule has 1 aliphatic heterocycles. The predicted octanol–water partition coefficient (Wildman–Crippen LogP) is 2.74. The fourth-order valence-corrected chi connectivity index (χ4v) is 4.72. The van der Waals surface area contributed by atoms with Crippen molar-refractivity contribution in [2.45, 2.75) is 19.4 Å². The van der Waals surface area contributed by atoms with Gasteiger partial charge in [-0.1, -0.05) is 17.9 Å². The van der Waals surface area contributed by atoms with Crippen LogP contribution in [-0.2, 0) is 16.1 Å². The number of anilines is 1. The van der Waals surface area contributed by atoms with E-state index in [-0.39, 0.29) is 6.42 Å². The average molecular weight is 494 g/mol. The quantitative estimate of drug-likeness (QED) is 0.395. The Labute approximate surface area is 206 Å². The van der Waals surface area contributed by atoms with E-state index in [9.17, 15) is 13.6 Å². The summed E-state index contributed by atoms with van der Waals surface area (Å²) in [6, 6.07) is 15.0. The molecular weight excluding hydrogens is 468 g/mol. The van der Waals surface area contributed by atoms with Crippen molar-refractivity contribution in [3.05, 3.63) is 72.1 Å². The van der Waals surface area contributed by atoms with Crippen molar-refractivity contribution in [1.82, 2.24) is 14.4 Å². The number of oxazole rings is 1. The van der Waals surface area contributed by atoms with Crippen molar-refractivity contribution in [2.75, 3.05) is 31.1 Å². The molecule has 2 unspecified atom stereocenters. The maximum atomic E-state index is 11.7. The number of benzene rings is 2. The van der Waals surface area contributed by atoms with E-state index in [0.717, 1.165) is 26.8 Å². The summed E-state index contributed by atoms with van der Waals surface area (Å²) in [5.41, 5.74) is 3.63. The van der Waals surface area contributed by atoms with E-state index in [1.54, 1.807) is 18.1 Å². The topological polar surface area (TPSA) is 113 Å². The third-order valence-electron chi connectivity index (χ3n) is 5.66. The zero-order valence-electron chi connectivity index (χ0n) is 19.2. The molecule has 1 aromatic heterocycles. The van der Waals surface area contributed by atoms with Gasteiger partial charge in [-0.2, -0.15) is 4.41 Å². The minimum absolute atomic E-state index is 0.249. The van der Waals surface area contributed by atoms with E-state index in [0.29, 0.717) is 32.1 Å². The molecular formula is C25H25N4O5S-. The first kappa shape index (κ1) is 24.6. The summed E-state index contributed by atoms with van der Waals surface area (Å²) < 4.78 is 29.9. The molecule has 2 atom stereocenters. The minimum Gasteiger partial charge on any atom is -0.759 e. The van der Waals surface area contributed by atoms with Crippen LogP contribution < -0.4 is 4.90 Å². The Kier molecular flexibility index (Phi) is 7.94. The standard InChI is InChI=1S/C25H26N4O5S/c1-19(17-24(30)31)29(35(32)33)28-14-12-27(13-15-28)23-9-7-20(8-10-23)5-6-21-3-2-4-22(18-21)25-26-11-16-34-25/h2-4,7-11,16,18-19H,12-15,17H2,1H3,(H,30,31)(H,32,33)/p-1. The van der Waals surface area contributed by atoms with Gasteiger partial charge in [0.25, 0.3) is 0 Å². The van der Waals surface area contributed by atoms with Gasteiger partial charge in [0.05, 0.1) is 12.6 Å². The number of hydrogen-bond donors (Lipinski definition) is 1. The molecule has 1 fully saturated rings. The summed E-state index contributed by atoms with van der Waals surface area (Å²) in [5.74, 6) is 5.87. The van der Waals surface area contributed by atoms with Crippen molar-refractivity contribution in [3.8, 4) is 23.3 Å². The van der Waals surface area contributed by atoms with E-state index in [4.69, 9.17) is 9.52 Å². The number of rotatable bonds is 7. The highest BCUT2D eigenvalue weighted by atomic mass is 32.2. The molecule has 0 bridgehead atoms. The molecule has 0 radical (unpaired) electrons. The number of carbonyl (C=O) groups is 1. The molecule has 2 aromatic carbocycles. The number of carboxylic acid groups (broad SMARTS) is 1. The number of hydrogen-bond acceptors (Lipinski definition) is 7. The van der Waals surface area contributed by atoms with Crippen molar-refractivity contribution in [2.24, 2.45) is 0 Å². The highest BCUT2D eigenvalue weighted by Gasteiger charge is 2.27. The molecule has 0 aliphatic carbocycles. The second kappa shape index (κ2) is 11.3. The van der Waals surface area contributed by atoms with E-state index in [2.05, 4.69) is 21.7 Å². The van der Waals surface area contributed by atoms with Gasteiger partial charge in [0.1, 0.15) is 6.26 Å². The Morgan fingerprint density at radius 1 is 1.17 bits per heavy atom. The lowest BCUT2D eigenvalue weighted by molar-refractivity contribution is -0.139. The second-order valence-electron chi connectivity index (χ2n) is 8.12. The molecule has 1 aliphatic rings. The number of piperazine rings is 1. The molecule has 10 heteroatoms. The van der Waals surface area contributed by atoms with Gasteiger partial charge < -0.3 is 19.0 Å². The third kappa shape index (κ3) is 6.35. The van der Waals surface area contributed by atoms with Crippen LogP contribution in [0.2, 0.25) is 0 Å². The molecule has 0 spiro atoms. The maximum Gasteiger partial charge on any atom is 0.305 e. The zero-order valence-corrected chi connectivity index (χ0v) is 20.0. The summed E-state index contributed by atoms with van der Waals surface area (Å²) in [6.07, 6.45) is 2.90. The van der Waals surface area contributed by atoms with Crippen LogP contribution in [0.3, 0.4) is 0 Å². The van der Waals surface area contributed by atoms with Gasteiger partial charge in [-0.15, -0.1) is 0 Å². The predicted molar refractivity (Wildman–Crippen MR) is 131 cm³/mol. The second-order valence-corrected chi connectivity index (χ2v) is 8.93. The van der Waals surface area contributed by atoms with Crippen molar-refractivity contribution < 1.29 is 23.1 Å². The van der Waals surface area contributed by atoms with E-state index in [1.807, 2.05) is 48.5 Å². The Hall–Kier alpha value is -3.49. The Balaban J connectivity index is 1.37. The average Bonchev–Trinajstić information content (AvgIpc) is 3.38. The lowest BCUT2D eigenvalue weighted by Gasteiger charge is -2.44. The molecule has 1 saturated heterocycles. The van der Waals surface area contributed by atoms with Crippen LogP contribution in [0.15, 0.2) is 65.4 Å². The minimum atomic E-state index is -2.53. The monoisotopic (exact) mass is 493 g/mol. The number of carboxylic acids is 1. The van der Waals surface area contributed by atoms with Gasteiger partial charge >= 0.3 is 5.97 Å². The van der Waals surface area contributed by atoms with Gasteiger partial charge in [0.15, 0.2) is 0 Å². The van der Waals surface area contributed by atoms with Gasteiger partial charge in [0.2, 0.25) is 5.89 Å². The number of aliphatic carboxylic acids is 1. The first-order chi connectivity index (χ1) is 16.9. The van der Waals surface area contributed by atoms with Crippen LogP contribution >= 0.6 is 0 Å². The highest BCUT2D eigenvalue weighted by molar-refractivity contribution is 7.76. The first-order valence-electron chi connectivity index (χ1n) is 11.1. The molecule has 0 amide bonds. The van der Waals surface area contributed by atoms with Crippen molar-refractivity contribution >= 4 is 22.9 Å². The molecule has 2 heterocycles. The SMILES string of the molecule is CC(CC(=O)O)N(N1CCN(c2ccc(C#Cc3cccc(-c4ncco4)c3)cc2)CC1)S(=O)[O-]. The fourth-order valence-electron chi connectivity index (χ4n) is 4.00. The highest BCUT2D eigenvalue weighted by Crippen LogP contribution is 2.21. The lowest BCUT2D eigenvalue weighted by Crippen LogP contribution is -2.57. The van der Waals surface area contributed by atoms with Crippen molar-refractivity contribution in [3.63, 3.8) is 0 Å². The number of hydrazine groups is 1. The Morgan fingerprint density at radius 2 is 1.89 bits per heavy atom. The molecule has 4 rings (SSSR count). The first-order valence-corrected chi connectivity index (χ1v) is 12.2. The fraction of sp³-hybridized carbons (Fsp3) is 0.280.